The van der Waals surface area contributed by atoms with E-state index in [1.807, 2.05) is 26.8 Å². The zero-order chi connectivity index (χ0) is 26.6. The van der Waals surface area contributed by atoms with Gasteiger partial charge < -0.3 is 0 Å². The average molecular weight is 532 g/mol. The fraction of sp³-hybridized carbons (Fsp3) is 0.185. The van der Waals surface area contributed by atoms with Gasteiger partial charge >= 0.3 is 0 Å². The Morgan fingerprint density at radius 2 is 1.84 bits per heavy atom. The number of rotatable bonds is 6. The van der Waals surface area contributed by atoms with E-state index < -0.39 is 16.7 Å². The smallest absolute Gasteiger partial charge is 0.283 e. The molecule has 8 nitrogen and oxygen atoms in total. The van der Waals surface area contributed by atoms with Crippen molar-refractivity contribution in [3.05, 3.63) is 91.5 Å². The van der Waals surface area contributed by atoms with Gasteiger partial charge in [0.1, 0.15) is 5.56 Å². The minimum Gasteiger partial charge on any atom is -0.294 e. The Bertz CT molecular complexity index is 1670. The van der Waals surface area contributed by atoms with Gasteiger partial charge in [-0.3, -0.25) is 24.5 Å². The lowest BCUT2D eigenvalue weighted by Gasteiger charge is -2.15. The Morgan fingerprint density at radius 1 is 1.08 bits per heavy atom. The second-order valence-corrected chi connectivity index (χ2v) is 11.1. The van der Waals surface area contributed by atoms with E-state index in [1.165, 1.54) is 29.5 Å². The predicted octanol–water partition coefficient (Wildman–Crippen LogP) is 6.43. The van der Waals surface area contributed by atoms with Gasteiger partial charge in [0, 0.05) is 17.4 Å². The van der Waals surface area contributed by atoms with Crippen molar-refractivity contribution in [2.24, 2.45) is 0 Å². The second kappa shape index (κ2) is 9.20. The van der Waals surface area contributed by atoms with E-state index in [0.717, 1.165) is 47.3 Å². The summed E-state index contributed by atoms with van der Waals surface area (Å²) in [6.45, 7) is 7.55. The highest BCUT2D eigenvalue weighted by atomic mass is 32.2. The van der Waals surface area contributed by atoms with Gasteiger partial charge in [0.25, 0.3) is 17.5 Å². The highest BCUT2D eigenvalue weighted by Crippen LogP contribution is 2.38. The first-order chi connectivity index (χ1) is 17.6. The summed E-state index contributed by atoms with van der Waals surface area (Å²) < 4.78 is 1.60. The molecule has 37 heavy (non-hydrogen) atoms. The standard InChI is InChI=1S/C27H21N3O5S2/c1-13-10-14(2)23(16(4)31)15(3)19(13)12-36-27-28-20-9-8-17(11-22(20)37-27)29-25(32)18-6-5-7-21(30(34)35)24(18)26(29)33/h5-11H,12H2,1-4H3. The number of hydrogen-bond acceptors (Lipinski definition) is 8. The number of fused-ring (bicyclic) bond motifs is 2. The molecule has 186 valence electrons. The molecule has 0 bridgehead atoms. The molecular weight excluding hydrogens is 510 g/mol. The molecule has 3 aromatic carbocycles. The number of carbonyl (C=O) groups excluding carboxylic acids is 3. The van der Waals surface area contributed by atoms with Crippen molar-refractivity contribution < 1.29 is 19.3 Å². The molecule has 2 heterocycles. The largest absolute Gasteiger partial charge is 0.294 e. The van der Waals surface area contributed by atoms with Crippen molar-refractivity contribution in [2.45, 2.75) is 37.8 Å². The maximum absolute atomic E-state index is 13.1. The van der Waals surface area contributed by atoms with Crippen LogP contribution < -0.4 is 4.90 Å². The zero-order valence-electron chi connectivity index (χ0n) is 20.4. The molecule has 0 unspecified atom stereocenters. The van der Waals surface area contributed by atoms with Gasteiger partial charge in [-0.15, -0.1) is 11.3 Å². The summed E-state index contributed by atoms with van der Waals surface area (Å²) in [7, 11) is 0. The molecule has 1 aliphatic heterocycles. The number of thioether (sulfide) groups is 1. The van der Waals surface area contributed by atoms with Gasteiger partial charge in [-0.2, -0.15) is 0 Å². The molecule has 4 aromatic rings. The molecule has 0 spiro atoms. The number of aryl methyl sites for hydroxylation is 2. The van der Waals surface area contributed by atoms with E-state index in [-0.39, 0.29) is 22.6 Å². The number of Topliss-reactive ketones (excluding diaryl/α,β-unsaturated/α-hetero) is 1. The maximum atomic E-state index is 13.1. The molecule has 0 atom stereocenters. The van der Waals surface area contributed by atoms with E-state index in [0.29, 0.717) is 11.4 Å². The number of nitro benzene ring substituents is 1. The van der Waals surface area contributed by atoms with Crippen molar-refractivity contribution in [1.82, 2.24) is 4.98 Å². The van der Waals surface area contributed by atoms with Gasteiger partial charge in [-0.1, -0.05) is 23.9 Å². The number of nitro groups is 1. The van der Waals surface area contributed by atoms with Crippen LogP contribution in [0.15, 0.2) is 46.8 Å². The van der Waals surface area contributed by atoms with Crippen LogP contribution in [0.2, 0.25) is 0 Å². The van der Waals surface area contributed by atoms with E-state index >= 15 is 0 Å². The van der Waals surface area contributed by atoms with Crippen LogP contribution in [0.1, 0.15) is 60.3 Å². The summed E-state index contributed by atoms with van der Waals surface area (Å²) in [5.41, 5.74) is 5.46. The molecule has 0 fully saturated rings. The first-order valence-electron chi connectivity index (χ1n) is 11.4. The van der Waals surface area contributed by atoms with Gasteiger partial charge in [0.15, 0.2) is 10.1 Å². The van der Waals surface area contributed by atoms with Gasteiger partial charge in [0.05, 0.1) is 26.4 Å². The normalized spacial score (nSPS) is 12.9. The summed E-state index contributed by atoms with van der Waals surface area (Å²) in [6.07, 6.45) is 0. The number of amides is 2. The summed E-state index contributed by atoms with van der Waals surface area (Å²) in [4.78, 5) is 54.6. The van der Waals surface area contributed by atoms with Crippen molar-refractivity contribution in [3.8, 4) is 0 Å². The third-order valence-corrected chi connectivity index (χ3v) is 8.71. The number of nitrogens with zero attached hydrogens (tertiary/aromatic N) is 3. The number of carbonyl (C=O) groups is 3. The Morgan fingerprint density at radius 3 is 2.54 bits per heavy atom. The molecule has 0 N–H and O–H groups in total. The van der Waals surface area contributed by atoms with E-state index in [1.54, 1.807) is 36.9 Å². The third kappa shape index (κ3) is 4.11. The number of aromatic nitrogens is 1. The highest BCUT2D eigenvalue weighted by molar-refractivity contribution is 8.00. The zero-order valence-corrected chi connectivity index (χ0v) is 22.1. The van der Waals surface area contributed by atoms with Gasteiger partial charge in [-0.25, -0.2) is 9.88 Å². The lowest BCUT2D eigenvalue weighted by atomic mass is 9.92. The number of benzene rings is 3. The summed E-state index contributed by atoms with van der Waals surface area (Å²) in [6, 6.07) is 11.2. The Balaban J connectivity index is 1.44. The number of imide groups is 1. The number of ketones is 1. The maximum Gasteiger partial charge on any atom is 0.283 e. The van der Waals surface area contributed by atoms with Crippen LogP contribution >= 0.6 is 23.1 Å². The van der Waals surface area contributed by atoms with Crippen molar-refractivity contribution in [3.63, 3.8) is 0 Å². The van der Waals surface area contributed by atoms with Gasteiger partial charge in [-0.05, 0) is 74.2 Å². The molecular formula is C27H21N3O5S2. The SMILES string of the molecule is CC(=O)c1c(C)cc(C)c(CSc2nc3ccc(N4C(=O)c5cccc([N+](=O)[O-])c5C4=O)cc3s2)c1C. The minimum absolute atomic E-state index is 0.0219. The number of hydrogen-bond donors (Lipinski definition) is 0. The van der Waals surface area contributed by atoms with Crippen molar-refractivity contribution in [2.75, 3.05) is 4.90 Å². The highest BCUT2D eigenvalue weighted by Gasteiger charge is 2.41. The summed E-state index contributed by atoms with van der Waals surface area (Å²) in [5.74, 6) is -0.606. The molecule has 0 saturated carbocycles. The lowest BCUT2D eigenvalue weighted by molar-refractivity contribution is -0.385. The monoisotopic (exact) mass is 531 g/mol. The average Bonchev–Trinajstić information content (AvgIpc) is 3.35. The van der Waals surface area contributed by atoms with Crippen LogP contribution in [0.4, 0.5) is 11.4 Å². The summed E-state index contributed by atoms with van der Waals surface area (Å²) in [5, 5.41) is 11.4. The molecule has 10 heteroatoms. The Kier molecular flexibility index (Phi) is 6.17. The van der Waals surface area contributed by atoms with Crippen LogP contribution in [-0.4, -0.2) is 27.5 Å². The second-order valence-electron chi connectivity index (χ2n) is 8.87. The van der Waals surface area contributed by atoms with Crippen LogP contribution in [0.25, 0.3) is 10.2 Å². The van der Waals surface area contributed by atoms with Crippen LogP contribution in [0.5, 0.6) is 0 Å². The lowest BCUT2D eigenvalue weighted by Crippen LogP contribution is -2.29. The van der Waals surface area contributed by atoms with E-state index in [2.05, 4.69) is 4.98 Å². The van der Waals surface area contributed by atoms with Crippen molar-refractivity contribution in [1.29, 1.82) is 0 Å². The molecule has 1 aromatic heterocycles. The van der Waals surface area contributed by atoms with Crippen LogP contribution in [0, 0.1) is 30.9 Å². The molecule has 5 rings (SSSR count). The first kappa shape index (κ1) is 24.8. The molecule has 0 radical (unpaired) electrons. The fourth-order valence-corrected chi connectivity index (χ4v) is 7.16. The topological polar surface area (TPSA) is 110 Å². The van der Waals surface area contributed by atoms with Crippen molar-refractivity contribution >= 4 is 62.3 Å². The Hall–Kier alpha value is -3.89. The minimum atomic E-state index is -0.711. The molecule has 2 amide bonds. The predicted molar refractivity (Wildman–Crippen MR) is 144 cm³/mol. The summed E-state index contributed by atoms with van der Waals surface area (Å²) >= 11 is 3.00. The molecule has 1 aliphatic rings. The fourth-order valence-electron chi connectivity index (χ4n) is 4.87. The van der Waals surface area contributed by atoms with Crippen LogP contribution in [-0.2, 0) is 5.75 Å². The first-order valence-corrected chi connectivity index (χ1v) is 13.2. The van der Waals surface area contributed by atoms with Crippen LogP contribution in [0.3, 0.4) is 0 Å². The number of anilines is 1. The third-order valence-electron chi connectivity index (χ3n) is 6.52. The Labute approximate surface area is 220 Å². The molecule has 0 saturated heterocycles. The number of thiazole rings is 1. The van der Waals surface area contributed by atoms with E-state index in [9.17, 15) is 24.5 Å². The van der Waals surface area contributed by atoms with E-state index in [4.69, 9.17) is 0 Å². The van der Waals surface area contributed by atoms with Gasteiger partial charge in [0.2, 0.25) is 0 Å². The quantitative estimate of drug-likeness (QED) is 0.0927. The molecule has 0 aliphatic carbocycles.